The third-order valence-corrected chi connectivity index (χ3v) is 4.07. The molecule has 5 heteroatoms. The number of hydrogen-bond donors (Lipinski definition) is 1. The first-order valence-electron chi connectivity index (χ1n) is 7.10. The molecule has 1 N–H and O–H groups in total. The molecule has 0 radical (unpaired) electrons. The molecule has 0 atom stereocenters. The quantitative estimate of drug-likeness (QED) is 0.900. The number of nitrogens with zero attached hydrogens (tertiary/aromatic N) is 3. The fourth-order valence-electron chi connectivity index (χ4n) is 2.51. The Bertz CT molecular complexity index is 582. The molecule has 1 fully saturated rings. The van der Waals surface area contributed by atoms with Crippen molar-refractivity contribution in [2.45, 2.75) is 26.3 Å². The van der Waals surface area contributed by atoms with E-state index >= 15 is 0 Å². The van der Waals surface area contributed by atoms with E-state index in [-0.39, 0.29) is 11.7 Å². The van der Waals surface area contributed by atoms with Crippen LogP contribution in [0.2, 0.25) is 0 Å². The fourth-order valence-corrected chi connectivity index (χ4v) is 2.51. The maximum absolute atomic E-state index is 12.4. The van der Waals surface area contributed by atoms with Crippen LogP contribution in [0.15, 0.2) is 18.2 Å². The van der Waals surface area contributed by atoms with Crippen LogP contribution in [0.25, 0.3) is 0 Å². The summed E-state index contributed by atoms with van der Waals surface area (Å²) in [6, 6.07) is 7.21. The van der Waals surface area contributed by atoms with Crippen LogP contribution in [0.4, 0.5) is 0 Å². The Labute approximate surface area is 125 Å². The average molecular weight is 287 g/mol. The number of nitriles is 1. The van der Waals surface area contributed by atoms with Gasteiger partial charge in [-0.25, -0.2) is 0 Å². The summed E-state index contributed by atoms with van der Waals surface area (Å²) in [4.78, 5) is 16.3. The molecule has 2 rings (SSSR count). The minimum atomic E-state index is -0.496. The molecule has 1 heterocycles. The number of aryl methyl sites for hydroxylation is 1. The summed E-state index contributed by atoms with van der Waals surface area (Å²) in [5, 5.41) is 18.7. The molecule has 0 aliphatic carbocycles. The van der Waals surface area contributed by atoms with Crippen LogP contribution in [0, 0.1) is 18.3 Å². The van der Waals surface area contributed by atoms with Crippen LogP contribution in [-0.4, -0.2) is 52.5 Å². The van der Waals surface area contributed by atoms with Crippen LogP contribution in [0.5, 0.6) is 5.75 Å². The summed E-state index contributed by atoms with van der Waals surface area (Å²) in [5.41, 5.74) is 0.799. The van der Waals surface area contributed by atoms with Crippen molar-refractivity contribution in [1.29, 1.82) is 5.26 Å². The highest BCUT2D eigenvalue weighted by atomic mass is 16.3. The first-order chi connectivity index (χ1) is 9.85. The molecule has 5 nitrogen and oxygen atoms in total. The third-order valence-electron chi connectivity index (χ3n) is 4.07. The Morgan fingerprint density at radius 3 is 2.43 bits per heavy atom. The zero-order valence-electron chi connectivity index (χ0n) is 12.8. The largest absolute Gasteiger partial charge is 0.508 e. The number of hydrogen-bond acceptors (Lipinski definition) is 4. The van der Waals surface area contributed by atoms with E-state index < -0.39 is 5.54 Å². The number of piperazine rings is 1. The third kappa shape index (κ3) is 3.17. The molecule has 1 aliphatic heterocycles. The summed E-state index contributed by atoms with van der Waals surface area (Å²) in [7, 11) is 0. The van der Waals surface area contributed by atoms with E-state index in [1.165, 1.54) is 0 Å². The summed E-state index contributed by atoms with van der Waals surface area (Å²) in [6.07, 6.45) is 0. The average Bonchev–Trinajstić information content (AvgIpc) is 2.49. The van der Waals surface area contributed by atoms with Crippen LogP contribution in [0.1, 0.15) is 29.8 Å². The predicted octanol–water partition coefficient (Wildman–Crippen LogP) is 1.76. The van der Waals surface area contributed by atoms with E-state index in [0.717, 1.165) is 0 Å². The molecular weight excluding hydrogens is 266 g/mol. The van der Waals surface area contributed by atoms with Crippen molar-refractivity contribution in [3.63, 3.8) is 0 Å². The molecule has 0 unspecified atom stereocenters. The summed E-state index contributed by atoms with van der Waals surface area (Å²) < 4.78 is 0. The van der Waals surface area contributed by atoms with E-state index in [0.29, 0.717) is 37.3 Å². The van der Waals surface area contributed by atoms with Crippen LogP contribution in [0.3, 0.4) is 0 Å². The van der Waals surface area contributed by atoms with Gasteiger partial charge in [-0.3, -0.25) is 9.69 Å². The first-order valence-corrected chi connectivity index (χ1v) is 7.10. The van der Waals surface area contributed by atoms with Gasteiger partial charge in [0.2, 0.25) is 0 Å². The normalized spacial score (nSPS) is 16.6. The Balaban J connectivity index is 2.04. The van der Waals surface area contributed by atoms with Gasteiger partial charge < -0.3 is 10.0 Å². The smallest absolute Gasteiger partial charge is 0.253 e. The van der Waals surface area contributed by atoms with Crippen molar-refractivity contribution in [2.75, 3.05) is 26.2 Å². The summed E-state index contributed by atoms with van der Waals surface area (Å²) in [5.74, 6) is 0.180. The molecule has 1 aromatic rings. The van der Waals surface area contributed by atoms with E-state index in [2.05, 4.69) is 11.0 Å². The number of benzene rings is 1. The monoisotopic (exact) mass is 287 g/mol. The van der Waals surface area contributed by atoms with Crippen molar-refractivity contribution < 1.29 is 9.90 Å². The van der Waals surface area contributed by atoms with Gasteiger partial charge in [0.15, 0.2) is 0 Å². The Hall–Kier alpha value is -2.06. The van der Waals surface area contributed by atoms with Gasteiger partial charge in [-0.05, 0) is 44.5 Å². The summed E-state index contributed by atoms with van der Waals surface area (Å²) in [6.45, 7) is 8.20. The topological polar surface area (TPSA) is 67.6 Å². The molecule has 0 bridgehead atoms. The van der Waals surface area contributed by atoms with Crippen molar-refractivity contribution in [1.82, 2.24) is 9.80 Å². The maximum atomic E-state index is 12.4. The van der Waals surface area contributed by atoms with Crippen LogP contribution in [-0.2, 0) is 0 Å². The van der Waals surface area contributed by atoms with E-state index in [1.807, 2.05) is 13.8 Å². The molecule has 112 valence electrons. The Morgan fingerprint density at radius 1 is 1.29 bits per heavy atom. The van der Waals surface area contributed by atoms with Gasteiger partial charge in [-0.1, -0.05) is 0 Å². The maximum Gasteiger partial charge on any atom is 0.253 e. The SMILES string of the molecule is Cc1cc(C(=O)N2CCN(C(C)(C)C#N)CC2)ccc1O. The highest BCUT2D eigenvalue weighted by Gasteiger charge is 2.31. The van der Waals surface area contributed by atoms with Gasteiger partial charge in [0.05, 0.1) is 6.07 Å². The second-order valence-electron chi connectivity index (χ2n) is 5.95. The molecule has 1 aliphatic rings. The zero-order valence-corrected chi connectivity index (χ0v) is 12.8. The molecule has 1 aromatic carbocycles. The van der Waals surface area contributed by atoms with Gasteiger partial charge in [0, 0.05) is 31.7 Å². The lowest BCUT2D eigenvalue weighted by Gasteiger charge is -2.40. The first kappa shape index (κ1) is 15.3. The second kappa shape index (κ2) is 5.74. The van der Waals surface area contributed by atoms with Crippen molar-refractivity contribution >= 4 is 5.91 Å². The predicted molar refractivity (Wildman–Crippen MR) is 80.0 cm³/mol. The van der Waals surface area contributed by atoms with Crippen molar-refractivity contribution in [3.05, 3.63) is 29.3 Å². The second-order valence-corrected chi connectivity index (χ2v) is 5.95. The molecule has 0 saturated carbocycles. The minimum Gasteiger partial charge on any atom is -0.508 e. The fraction of sp³-hybridized carbons (Fsp3) is 0.500. The van der Waals surface area contributed by atoms with E-state index in [4.69, 9.17) is 5.26 Å². The van der Waals surface area contributed by atoms with Gasteiger partial charge >= 0.3 is 0 Å². The van der Waals surface area contributed by atoms with E-state index in [9.17, 15) is 9.90 Å². The highest BCUT2D eigenvalue weighted by Crippen LogP contribution is 2.20. The molecule has 0 spiro atoms. The number of phenols is 1. The molecule has 1 amide bonds. The lowest BCUT2D eigenvalue weighted by molar-refractivity contribution is 0.0521. The van der Waals surface area contributed by atoms with Crippen LogP contribution >= 0.6 is 0 Å². The lowest BCUT2D eigenvalue weighted by atomic mass is 10.0. The molecule has 0 aromatic heterocycles. The number of amides is 1. The Kier molecular flexibility index (Phi) is 4.19. The van der Waals surface area contributed by atoms with Gasteiger partial charge in [0.1, 0.15) is 11.3 Å². The standard InChI is InChI=1S/C16H21N3O2/c1-12-10-13(4-5-14(12)20)15(21)18-6-8-19(9-7-18)16(2,3)11-17/h4-5,10,20H,6-9H2,1-3H3. The number of phenolic OH excluding ortho intramolecular Hbond substituents is 1. The number of aromatic hydroxyl groups is 1. The number of carbonyl (C=O) groups excluding carboxylic acids is 1. The number of carbonyl (C=O) groups is 1. The van der Waals surface area contributed by atoms with E-state index in [1.54, 1.807) is 30.0 Å². The lowest BCUT2D eigenvalue weighted by Crippen LogP contribution is -2.55. The van der Waals surface area contributed by atoms with Gasteiger partial charge in [0.25, 0.3) is 5.91 Å². The molecule has 21 heavy (non-hydrogen) atoms. The van der Waals surface area contributed by atoms with Crippen LogP contribution < -0.4 is 0 Å². The Morgan fingerprint density at radius 2 is 1.90 bits per heavy atom. The van der Waals surface area contributed by atoms with Gasteiger partial charge in [-0.15, -0.1) is 0 Å². The molecule has 1 saturated heterocycles. The number of rotatable bonds is 2. The minimum absolute atomic E-state index is 0.0208. The summed E-state index contributed by atoms with van der Waals surface area (Å²) >= 11 is 0. The van der Waals surface area contributed by atoms with Crippen molar-refractivity contribution in [3.8, 4) is 11.8 Å². The van der Waals surface area contributed by atoms with Gasteiger partial charge in [-0.2, -0.15) is 5.26 Å². The molecular formula is C16H21N3O2. The zero-order chi connectivity index (χ0) is 15.6. The van der Waals surface area contributed by atoms with Crippen molar-refractivity contribution in [2.24, 2.45) is 0 Å². The highest BCUT2D eigenvalue weighted by molar-refractivity contribution is 5.94.